The predicted octanol–water partition coefficient (Wildman–Crippen LogP) is 5.03. The van der Waals surface area contributed by atoms with E-state index in [4.69, 9.17) is 9.72 Å². The Kier molecular flexibility index (Phi) is 3.32. The van der Waals surface area contributed by atoms with Crippen LogP contribution in [-0.4, -0.2) is 10.8 Å². The fraction of sp³-hybridized carbons (Fsp3) is 0.0435. The number of benzene rings is 3. The number of aromatic nitrogens is 1. The molecule has 1 aliphatic carbocycles. The van der Waals surface area contributed by atoms with Gasteiger partial charge < -0.3 is 4.74 Å². The molecule has 0 bridgehead atoms. The highest BCUT2D eigenvalue weighted by Crippen LogP contribution is 2.38. The molecule has 3 nitrogen and oxygen atoms in total. The van der Waals surface area contributed by atoms with Crippen molar-refractivity contribution >= 4 is 16.6 Å². The molecule has 26 heavy (non-hydrogen) atoms. The summed E-state index contributed by atoms with van der Waals surface area (Å²) in [5.41, 5.74) is 4.03. The average molecular weight is 337 g/mol. The molecular weight excluding hydrogens is 322 g/mol. The first-order valence-corrected chi connectivity index (χ1v) is 8.56. The molecule has 0 spiro atoms. The predicted molar refractivity (Wildman–Crippen MR) is 101 cm³/mol. The standard InChI is InChI=1S/C23H15NO2/c25-23-19-11-5-4-10-18(19)22-21-15(7-6-12-20(21)23)13-16(24-22)14-26-17-8-2-1-3-9-17/h1-13H,14H2. The van der Waals surface area contributed by atoms with Gasteiger partial charge in [0, 0.05) is 22.1 Å². The lowest BCUT2D eigenvalue weighted by molar-refractivity contribution is 0.104. The first-order valence-electron chi connectivity index (χ1n) is 8.56. The molecule has 124 valence electrons. The third kappa shape index (κ3) is 2.29. The number of carbonyl (C=O) groups is 1. The van der Waals surface area contributed by atoms with E-state index in [1.807, 2.05) is 78.9 Å². The summed E-state index contributed by atoms with van der Waals surface area (Å²) in [6.07, 6.45) is 0. The molecular formula is C23H15NO2. The second-order valence-corrected chi connectivity index (χ2v) is 6.34. The van der Waals surface area contributed by atoms with Gasteiger partial charge in [-0.05, 0) is 23.6 Å². The number of fused-ring (bicyclic) bond motifs is 2. The van der Waals surface area contributed by atoms with Crippen LogP contribution in [0.3, 0.4) is 0 Å². The average Bonchev–Trinajstić information content (AvgIpc) is 2.71. The van der Waals surface area contributed by atoms with Gasteiger partial charge in [-0.15, -0.1) is 0 Å². The minimum Gasteiger partial charge on any atom is -0.487 e. The highest BCUT2D eigenvalue weighted by atomic mass is 16.5. The summed E-state index contributed by atoms with van der Waals surface area (Å²) < 4.78 is 5.87. The molecule has 0 saturated carbocycles. The summed E-state index contributed by atoms with van der Waals surface area (Å²) in [5, 5.41) is 1.95. The highest BCUT2D eigenvalue weighted by molar-refractivity contribution is 6.25. The van der Waals surface area contributed by atoms with Gasteiger partial charge in [-0.25, -0.2) is 4.98 Å². The molecule has 1 aromatic heterocycles. The lowest BCUT2D eigenvalue weighted by atomic mass is 9.85. The number of ether oxygens (including phenoxy) is 1. The first kappa shape index (κ1) is 14.8. The zero-order valence-electron chi connectivity index (χ0n) is 14.0. The summed E-state index contributed by atoms with van der Waals surface area (Å²) in [6, 6.07) is 25.2. The van der Waals surface area contributed by atoms with Crippen molar-refractivity contribution in [2.24, 2.45) is 0 Å². The van der Waals surface area contributed by atoms with E-state index in [-0.39, 0.29) is 5.78 Å². The molecule has 3 heteroatoms. The number of ketones is 1. The van der Waals surface area contributed by atoms with Crippen molar-refractivity contribution in [2.75, 3.05) is 0 Å². The number of nitrogens with zero attached hydrogens (tertiary/aromatic N) is 1. The highest BCUT2D eigenvalue weighted by Gasteiger charge is 2.26. The van der Waals surface area contributed by atoms with Crippen LogP contribution < -0.4 is 4.74 Å². The van der Waals surface area contributed by atoms with Gasteiger partial charge >= 0.3 is 0 Å². The van der Waals surface area contributed by atoms with Crippen molar-refractivity contribution in [3.8, 4) is 17.0 Å². The van der Waals surface area contributed by atoms with Gasteiger partial charge in [0.15, 0.2) is 5.78 Å². The Morgan fingerprint density at radius 2 is 1.50 bits per heavy atom. The SMILES string of the molecule is O=C1c2ccccc2-c2nc(COc3ccccc3)cc3cccc1c23. The zero-order valence-corrected chi connectivity index (χ0v) is 14.0. The Morgan fingerprint density at radius 3 is 2.35 bits per heavy atom. The molecule has 0 amide bonds. The molecule has 0 radical (unpaired) electrons. The maximum atomic E-state index is 12.8. The van der Waals surface area contributed by atoms with Crippen LogP contribution in [0, 0.1) is 0 Å². The van der Waals surface area contributed by atoms with Gasteiger partial charge in [0.05, 0.1) is 11.4 Å². The normalized spacial score (nSPS) is 12.1. The number of pyridine rings is 1. The number of hydrogen-bond donors (Lipinski definition) is 0. The Morgan fingerprint density at radius 1 is 0.769 bits per heavy atom. The number of hydrogen-bond acceptors (Lipinski definition) is 3. The van der Waals surface area contributed by atoms with E-state index in [1.54, 1.807) is 0 Å². The fourth-order valence-corrected chi connectivity index (χ4v) is 3.53. The minimum atomic E-state index is 0.0637. The quantitative estimate of drug-likeness (QED) is 0.464. The molecule has 4 aromatic rings. The van der Waals surface area contributed by atoms with E-state index in [1.165, 1.54) is 0 Å². The third-order valence-corrected chi connectivity index (χ3v) is 4.71. The van der Waals surface area contributed by atoms with Crippen molar-refractivity contribution in [1.29, 1.82) is 0 Å². The fourth-order valence-electron chi connectivity index (χ4n) is 3.53. The molecule has 0 atom stereocenters. The molecule has 0 unspecified atom stereocenters. The monoisotopic (exact) mass is 337 g/mol. The maximum Gasteiger partial charge on any atom is 0.194 e. The zero-order chi connectivity index (χ0) is 17.5. The number of rotatable bonds is 3. The van der Waals surface area contributed by atoms with Crippen LogP contribution in [0.25, 0.3) is 22.0 Å². The van der Waals surface area contributed by atoms with Crippen LogP contribution in [0.1, 0.15) is 21.6 Å². The van der Waals surface area contributed by atoms with E-state index in [2.05, 4.69) is 0 Å². The Labute approximate surface area is 150 Å². The molecule has 1 aliphatic rings. The summed E-state index contributed by atoms with van der Waals surface area (Å²) in [7, 11) is 0. The van der Waals surface area contributed by atoms with E-state index in [0.29, 0.717) is 12.2 Å². The topological polar surface area (TPSA) is 39.2 Å². The van der Waals surface area contributed by atoms with Crippen molar-refractivity contribution in [1.82, 2.24) is 4.98 Å². The van der Waals surface area contributed by atoms with Gasteiger partial charge in [-0.3, -0.25) is 4.79 Å². The van der Waals surface area contributed by atoms with Gasteiger partial charge in [0.1, 0.15) is 12.4 Å². The van der Waals surface area contributed by atoms with Crippen LogP contribution in [0.4, 0.5) is 0 Å². The van der Waals surface area contributed by atoms with Gasteiger partial charge in [0.25, 0.3) is 0 Å². The van der Waals surface area contributed by atoms with E-state index in [0.717, 1.165) is 39.0 Å². The second kappa shape index (κ2) is 5.81. The van der Waals surface area contributed by atoms with Crippen molar-refractivity contribution in [3.05, 3.63) is 95.7 Å². The van der Waals surface area contributed by atoms with Gasteiger partial charge in [0.2, 0.25) is 0 Å². The van der Waals surface area contributed by atoms with Crippen LogP contribution in [-0.2, 0) is 6.61 Å². The Balaban J connectivity index is 1.66. The Bertz CT molecular complexity index is 1150. The Hall–Kier alpha value is -3.46. The van der Waals surface area contributed by atoms with Crippen molar-refractivity contribution in [3.63, 3.8) is 0 Å². The largest absolute Gasteiger partial charge is 0.487 e. The minimum absolute atomic E-state index is 0.0637. The lowest BCUT2D eigenvalue weighted by Crippen LogP contribution is -2.12. The molecule has 0 saturated heterocycles. The number of para-hydroxylation sites is 1. The van der Waals surface area contributed by atoms with Gasteiger partial charge in [-0.2, -0.15) is 0 Å². The third-order valence-electron chi connectivity index (χ3n) is 4.71. The summed E-state index contributed by atoms with van der Waals surface area (Å²) in [4.78, 5) is 17.7. The number of carbonyl (C=O) groups excluding carboxylic acids is 1. The van der Waals surface area contributed by atoms with E-state index in [9.17, 15) is 4.79 Å². The van der Waals surface area contributed by atoms with E-state index < -0.39 is 0 Å². The molecule has 0 aliphatic heterocycles. The second-order valence-electron chi connectivity index (χ2n) is 6.34. The van der Waals surface area contributed by atoms with Crippen LogP contribution in [0.2, 0.25) is 0 Å². The van der Waals surface area contributed by atoms with Crippen LogP contribution in [0.5, 0.6) is 5.75 Å². The summed E-state index contributed by atoms with van der Waals surface area (Å²) in [6.45, 7) is 0.382. The molecule has 0 N–H and O–H groups in total. The van der Waals surface area contributed by atoms with E-state index >= 15 is 0 Å². The molecule has 5 rings (SSSR count). The molecule has 1 heterocycles. The maximum absolute atomic E-state index is 12.8. The first-order chi connectivity index (χ1) is 12.8. The summed E-state index contributed by atoms with van der Waals surface area (Å²) >= 11 is 0. The molecule has 3 aromatic carbocycles. The smallest absolute Gasteiger partial charge is 0.194 e. The summed E-state index contributed by atoms with van der Waals surface area (Å²) in [5.74, 6) is 0.876. The van der Waals surface area contributed by atoms with Gasteiger partial charge in [-0.1, -0.05) is 60.7 Å². The van der Waals surface area contributed by atoms with Crippen molar-refractivity contribution in [2.45, 2.75) is 6.61 Å². The lowest BCUT2D eigenvalue weighted by Gasteiger charge is -2.20. The molecule has 0 fully saturated rings. The van der Waals surface area contributed by atoms with Crippen molar-refractivity contribution < 1.29 is 9.53 Å². The van der Waals surface area contributed by atoms with Crippen LogP contribution in [0.15, 0.2) is 78.9 Å². The van der Waals surface area contributed by atoms with Crippen LogP contribution >= 0.6 is 0 Å².